The van der Waals surface area contributed by atoms with Crippen LogP contribution in [-0.4, -0.2) is 51.7 Å². The Bertz CT molecular complexity index is 881. The second kappa shape index (κ2) is 6.21. The summed E-state index contributed by atoms with van der Waals surface area (Å²) >= 11 is 0. The van der Waals surface area contributed by atoms with Crippen molar-refractivity contribution in [3.63, 3.8) is 0 Å². The molecule has 0 saturated heterocycles. The summed E-state index contributed by atoms with van der Waals surface area (Å²) in [5.74, 6) is -0.775. The number of H-pyrrole nitrogens is 1. The number of nitrogens with zero attached hydrogens (tertiary/aromatic N) is 3. The van der Waals surface area contributed by atoms with E-state index in [1.54, 1.807) is 18.2 Å². The Labute approximate surface area is 138 Å². The number of carbonyl (C=O) groups excluding carboxylic acids is 2. The molecule has 0 fully saturated rings. The molecular formula is C17H16N4O3. The summed E-state index contributed by atoms with van der Waals surface area (Å²) < 4.78 is 5.42. The van der Waals surface area contributed by atoms with E-state index in [9.17, 15) is 9.59 Å². The number of hydrogen-bond acceptors (Lipinski definition) is 5. The minimum atomic E-state index is -0.490. The molecule has 3 rings (SSSR count). The van der Waals surface area contributed by atoms with Gasteiger partial charge in [0.1, 0.15) is 6.10 Å². The van der Waals surface area contributed by atoms with Crippen molar-refractivity contribution < 1.29 is 14.3 Å². The number of pyridine rings is 1. The van der Waals surface area contributed by atoms with Gasteiger partial charge in [-0.15, -0.1) is 0 Å². The van der Waals surface area contributed by atoms with E-state index in [-0.39, 0.29) is 18.0 Å². The molecule has 1 N–H and O–H groups in total. The van der Waals surface area contributed by atoms with Crippen LogP contribution in [0.1, 0.15) is 20.7 Å². The SMILES string of the molecule is C=C/C=C(\C=C)C(CN1C(=O)c2cnc3[nH]ncc3c2C1=O)OC. The monoisotopic (exact) mass is 324 g/mol. The van der Waals surface area contributed by atoms with Gasteiger partial charge >= 0.3 is 0 Å². The maximum Gasteiger partial charge on any atom is 0.263 e. The molecule has 3 heterocycles. The van der Waals surface area contributed by atoms with Crippen molar-refractivity contribution >= 4 is 22.8 Å². The normalized spacial score (nSPS) is 15.7. The highest BCUT2D eigenvalue weighted by molar-refractivity contribution is 6.25. The molecule has 0 aliphatic carbocycles. The molecule has 2 aromatic rings. The van der Waals surface area contributed by atoms with E-state index >= 15 is 0 Å². The van der Waals surface area contributed by atoms with E-state index in [1.165, 1.54) is 19.5 Å². The Morgan fingerprint density at radius 2 is 2.17 bits per heavy atom. The average molecular weight is 324 g/mol. The third-order valence-electron chi connectivity index (χ3n) is 3.97. The van der Waals surface area contributed by atoms with Crippen LogP contribution >= 0.6 is 0 Å². The van der Waals surface area contributed by atoms with E-state index in [2.05, 4.69) is 28.3 Å². The molecule has 2 aromatic heterocycles. The van der Waals surface area contributed by atoms with E-state index in [0.717, 1.165) is 10.5 Å². The van der Waals surface area contributed by atoms with Gasteiger partial charge in [-0.1, -0.05) is 31.4 Å². The number of nitrogens with one attached hydrogen (secondary N) is 1. The van der Waals surface area contributed by atoms with Gasteiger partial charge in [0, 0.05) is 13.3 Å². The number of imide groups is 1. The molecule has 0 radical (unpaired) electrons. The first-order valence-electron chi connectivity index (χ1n) is 7.28. The summed E-state index contributed by atoms with van der Waals surface area (Å²) in [4.78, 5) is 30.6. The third kappa shape index (κ3) is 2.35. The predicted octanol–water partition coefficient (Wildman–Crippen LogP) is 1.87. The molecule has 0 bridgehead atoms. The molecule has 1 aliphatic rings. The number of methoxy groups -OCH3 is 1. The fraction of sp³-hybridized carbons (Fsp3) is 0.176. The van der Waals surface area contributed by atoms with Crippen LogP contribution in [0.15, 0.2) is 49.4 Å². The highest BCUT2D eigenvalue weighted by Crippen LogP contribution is 2.28. The summed E-state index contributed by atoms with van der Waals surface area (Å²) in [6.07, 6.45) is 7.35. The van der Waals surface area contributed by atoms with Crippen LogP contribution in [0.25, 0.3) is 11.0 Å². The number of fused-ring (bicyclic) bond motifs is 3. The largest absolute Gasteiger partial charge is 0.375 e. The summed E-state index contributed by atoms with van der Waals surface area (Å²) in [6.45, 7) is 7.45. The molecule has 122 valence electrons. The van der Waals surface area contributed by atoms with Crippen LogP contribution in [0, 0.1) is 0 Å². The van der Waals surface area contributed by atoms with Crippen LogP contribution in [0.4, 0.5) is 0 Å². The Morgan fingerprint density at radius 3 is 2.83 bits per heavy atom. The topological polar surface area (TPSA) is 88.2 Å². The minimum Gasteiger partial charge on any atom is -0.375 e. The molecule has 1 aliphatic heterocycles. The maximum atomic E-state index is 12.8. The number of rotatable bonds is 6. The van der Waals surface area contributed by atoms with Gasteiger partial charge in [0.15, 0.2) is 5.65 Å². The zero-order chi connectivity index (χ0) is 17.3. The van der Waals surface area contributed by atoms with E-state index in [1.807, 2.05) is 0 Å². The molecule has 7 nitrogen and oxygen atoms in total. The zero-order valence-electron chi connectivity index (χ0n) is 13.2. The molecule has 2 amide bonds. The molecule has 1 atom stereocenters. The summed E-state index contributed by atoms with van der Waals surface area (Å²) in [5.41, 5.74) is 1.80. The van der Waals surface area contributed by atoms with Crippen molar-refractivity contribution in [2.45, 2.75) is 6.10 Å². The van der Waals surface area contributed by atoms with E-state index in [0.29, 0.717) is 16.6 Å². The van der Waals surface area contributed by atoms with Crippen LogP contribution < -0.4 is 0 Å². The lowest BCUT2D eigenvalue weighted by atomic mass is 10.1. The summed E-state index contributed by atoms with van der Waals surface area (Å²) in [7, 11) is 1.51. The Kier molecular flexibility index (Phi) is 4.09. The van der Waals surface area contributed by atoms with Gasteiger partial charge in [-0.3, -0.25) is 19.6 Å². The quantitative estimate of drug-likeness (QED) is 0.647. The standard InChI is InChI=1S/C17H16N4O3/c1-4-6-10(5-2)13(24-3)9-21-16(22)12-7-18-15-11(8-19-20-15)14(12)17(21)23/h4-8,13H,1-2,9H2,3H3,(H,18,19,20)/b10-6+. The third-order valence-corrected chi connectivity index (χ3v) is 3.97. The second-order valence-electron chi connectivity index (χ2n) is 5.23. The van der Waals surface area contributed by atoms with Gasteiger partial charge in [0.05, 0.1) is 29.3 Å². The van der Waals surface area contributed by atoms with Gasteiger partial charge in [-0.2, -0.15) is 5.10 Å². The molecule has 0 aromatic carbocycles. The lowest BCUT2D eigenvalue weighted by Crippen LogP contribution is -2.38. The number of aromatic amines is 1. The molecule has 0 spiro atoms. The van der Waals surface area contributed by atoms with Crippen molar-refractivity contribution in [2.24, 2.45) is 0 Å². The number of ether oxygens (including phenoxy) is 1. The predicted molar refractivity (Wildman–Crippen MR) is 88.5 cm³/mol. The Balaban J connectivity index is 1.97. The van der Waals surface area contributed by atoms with Crippen LogP contribution in [-0.2, 0) is 4.74 Å². The fourth-order valence-corrected chi connectivity index (χ4v) is 2.76. The van der Waals surface area contributed by atoms with Crippen LogP contribution in [0.3, 0.4) is 0 Å². The van der Waals surface area contributed by atoms with Crippen LogP contribution in [0.5, 0.6) is 0 Å². The molecule has 0 saturated carbocycles. The number of aromatic nitrogens is 3. The second-order valence-corrected chi connectivity index (χ2v) is 5.23. The lowest BCUT2D eigenvalue weighted by Gasteiger charge is -2.22. The first kappa shape index (κ1) is 15.8. The van der Waals surface area contributed by atoms with Gasteiger partial charge in [-0.25, -0.2) is 4.98 Å². The van der Waals surface area contributed by atoms with Crippen molar-refractivity contribution in [3.8, 4) is 0 Å². The zero-order valence-corrected chi connectivity index (χ0v) is 13.2. The number of allylic oxidation sites excluding steroid dienone is 2. The van der Waals surface area contributed by atoms with Gasteiger partial charge in [0.2, 0.25) is 0 Å². The van der Waals surface area contributed by atoms with Crippen molar-refractivity contribution in [1.82, 2.24) is 20.1 Å². The first-order valence-corrected chi connectivity index (χ1v) is 7.28. The fourth-order valence-electron chi connectivity index (χ4n) is 2.76. The molecular weight excluding hydrogens is 308 g/mol. The van der Waals surface area contributed by atoms with Gasteiger partial charge in [-0.05, 0) is 5.57 Å². The number of carbonyl (C=O) groups is 2. The van der Waals surface area contributed by atoms with E-state index < -0.39 is 12.0 Å². The highest BCUT2D eigenvalue weighted by atomic mass is 16.5. The first-order chi connectivity index (χ1) is 11.6. The lowest BCUT2D eigenvalue weighted by molar-refractivity contribution is 0.0521. The molecule has 7 heteroatoms. The Hall–Kier alpha value is -3.06. The van der Waals surface area contributed by atoms with Gasteiger partial charge in [0.25, 0.3) is 11.8 Å². The van der Waals surface area contributed by atoms with Crippen molar-refractivity contribution in [2.75, 3.05) is 13.7 Å². The number of amides is 2. The Morgan fingerprint density at radius 1 is 1.38 bits per heavy atom. The minimum absolute atomic E-state index is 0.0773. The van der Waals surface area contributed by atoms with Crippen LogP contribution in [0.2, 0.25) is 0 Å². The number of hydrogen-bond donors (Lipinski definition) is 1. The average Bonchev–Trinajstić information content (AvgIpc) is 3.15. The maximum absolute atomic E-state index is 12.8. The summed E-state index contributed by atoms with van der Waals surface area (Å²) in [5, 5.41) is 7.11. The highest BCUT2D eigenvalue weighted by Gasteiger charge is 2.39. The molecule has 1 unspecified atom stereocenters. The van der Waals surface area contributed by atoms with E-state index in [4.69, 9.17) is 4.74 Å². The molecule has 24 heavy (non-hydrogen) atoms. The van der Waals surface area contributed by atoms with Crippen molar-refractivity contribution in [3.05, 3.63) is 60.5 Å². The smallest absolute Gasteiger partial charge is 0.263 e. The van der Waals surface area contributed by atoms with Crippen molar-refractivity contribution in [1.29, 1.82) is 0 Å². The van der Waals surface area contributed by atoms with Gasteiger partial charge < -0.3 is 4.74 Å². The summed E-state index contributed by atoms with van der Waals surface area (Å²) in [6, 6.07) is 0.